The molecule has 0 radical (unpaired) electrons. The number of fused-ring (bicyclic) bond motifs is 1. The molecule has 3 aromatic rings. The highest BCUT2D eigenvalue weighted by atomic mass is 127. The van der Waals surface area contributed by atoms with Crippen molar-refractivity contribution in [2.24, 2.45) is 0 Å². The van der Waals surface area contributed by atoms with Crippen molar-refractivity contribution in [1.82, 2.24) is 0 Å². The van der Waals surface area contributed by atoms with Gasteiger partial charge in [0.25, 0.3) is 0 Å². The lowest BCUT2D eigenvalue weighted by Gasteiger charge is -2.14. The molecule has 1 N–H and O–H groups in total. The van der Waals surface area contributed by atoms with E-state index in [1.807, 2.05) is 42.5 Å². The smallest absolute Gasteiger partial charge is 0.105 e. The van der Waals surface area contributed by atoms with Gasteiger partial charge in [0.1, 0.15) is 6.10 Å². The van der Waals surface area contributed by atoms with E-state index in [9.17, 15) is 5.11 Å². The Labute approximate surface area is 126 Å². The van der Waals surface area contributed by atoms with Crippen LogP contribution in [0, 0.1) is 3.57 Å². The Morgan fingerprint density at radius 2 is 1.47 bits per heavy atom. The zero-order valence-corrected chi connectivity index (χ0v) is 12.4. The lowest BCUT2D eigenvalue weighted by molar-refractivity contribution is 0.219. The number of aliphatic hydroxyl groups excluding tert-OH is 1. The van der Waals surface area contributed by atoms with Crippen molar-refractivity contribution in [2.45, 2.75) is 6.10 Å². The van der Waals surface area contributed by atoms with Crippen LogP contribution in [0.25, 0.3) is 10.8 Å². The molecule has 0 spiro atoms. The second-order valence-corrected chi connectivity index (χ2v) is 5.69. The van der Waals surface area contributed by atoms with Crippen LogP contribution in [0.15, 0.2) is 66.7 Å². The SMILES string of the molecule is OC(c1ccc2ccccc2c1)c1ccccc1I. The third-order valence-corrected chi connectivity index (χ3v) is 4.27. The van der Waals surface area contributed by atoms with Crippen LogP contribution in [-0.4, -0.2) is 5.11 Å². The minimum absolute atomic E-state index is 0.572. The van der Waals surface area contributed by atoms with Crippen molar-refractivity contribution >= 4 is 33.4 Å². The zero-order valence-electron chi connectivity index (χ0n) is 10.3. The molecule has 1 atom stereocenters. The molecule has 0 aliphatic rings. The van der Waals surface area contributed by atoms with Crippen LogP contribution in [0.4, 0.5) is 0 Å². The van der Waals surface area contributed by atoms with E-state index in [4.69, 9.17) is 0 Å². The number of benzene rings is 3. The van der Waals surface area contributed by atoms with Crippen molar-refractivity contribution < 1.29 is 5.11 Å². The number of rotatable bonds is 2. The molecule has 0 amide bonds. The summed E-state index contributed by atoms with van der Waals surface area (Å²) < 4.78 is 1.08. The monoisotopic (exact) mass is 360 g/mol. The molecule has 3 rings (SSSR count). The Hall–Kier alpha value is -1.39. The van der Waals surface area contributed by atoms with Gasteiger partial charge in [-0.05, 0) is 56.6 Å². The molecule has 19 heavy (non-hydrogen) atoms. The number of hydrogen-bond acceptors (Lipinski definition) is 1. The molecule has 0 bridgehead atoms. The summed E-state index contributed by atoms with van der Waals surface area (Å²) in [6, 6.07) is 22.2. The minimum Gasteiger partial charge on any atom is -0.384 e. The van der Waals surface area contributed by atoms with Crippen LogP contribution >= 0.6 is 22.6 Å². The summed E-state index contributed by atoms with van der Waals surface area (Å²) in [6.45, 7) is 0. The van der Waals surface area contributed by atoms with Gasteiger partial charge in [0.2, 0.25) is 0 Å². The van der Waals surface area contributed by atoms with Gasteiger partial charge in [-0.3, -0.25) is 0 Å². The van der Waals surface area contributed by atoms with E-state index in [-0.39, 0.29) is 0 Å². The Bertz CT molecular complexity index is 721. The van der Waals surface area contributed by atoms with Gasteiger partial charge in [-0.25, -0.2) is 0 Å². The second-order valence-electron chi connectivity index (χ2n) is 4.53. The highest BCUT2D eigenvalue weighted by Crippen LogP contribution is 2.28. The molecule has 1 nitrogen and oxygen atoms in total. The average Bonchev–Trinajstić information content (AvgIpc) is 2.46. The van der Waals surface area contributed by atoms with Crippen molar-refractivity contribution in [3.8, 4) is 0 Å². The van der Waals surface area contributed by atoms with Crippen molar-refractivity contribution in [1.29, 1.82) is 0 Å². The maximum Gasteiger partial charge on any atom is 0.105 e. The largest absolute Gasteiger partial charge is 0.384 e. The first-order chi connectivity index (χ1) is 9.25. The molecular weight excluding hydrogens is 347 g/mol. The predicted molar refractivity (Wildman–Crippen MR) is 87.2 cm³/mol. The van der Waals surface area contributed by atoms with Gasteiger partial charge < -0.3 is 5.11 Å². The van der Waals surface area contributed by atoms with E-state index in [2.05, 4.69) is 46.9 Å². The van der Waals surface area contributed by atoms with Gasteiger partial charge in [-0.1, -0.05) is 54.6 Å². The molecule has 0 heterocycles. The first-order valence-corrected chi connectivity index (χ1v) is 7.25. The van der Waals surface area contributed by atoms with Gasteiger partial charge in [-0.15, -0.1) is 0 Å². The molecule has 0 saturated carbocycles. The van der Waals surface area contributed by atoms with Crippen LogP contribution in [0.1, 0.15) is 17.2 Å². The fraction of sp³-hybridized carbons (Fsp3) is 0.0588. The van der Waals surface area contributed by atoms with Crippen LogP contribution < -0.4 is 0 Å². The van der Waals surface area contributed by atoms with E-state index < -0.39 is 6.10 Å². The Kier molecular flexibility index (Phi) is 3.53. The fourth-order valence-electron chi connectivity index (χ4n) is 2.25. The Morgan fingerprint density at radius 3 is 2.26 bits per heavy atom. The fourth-order valence-corrected chi connectivity index (χ4v) is 2.94. The van der Waals surface area contributed by atoms with E-state index in [1.165, 1.54) is 5.39 Å². The maximum absolute atomic E-state index is 10.5. The van der Waals surface area contributed by atoms with Gasteiger partial charge in [0.15, 0.2) is 0 Å². The maximum atomic E-state index is 10.5. The molecule has 0 aliphatic carbocycles. The average molecular weight is 360 g/mol. The van der Waals surface area contributed by atoms with Crippen LogP contribution in [-0.2, 0) is 0 Å². The third kappa shape index (κ3) is 2.51. The van der Waals surface area contributed by atoms with E-state index >= 15 is 0 Å². The quantitative estimate of drug-likeness (QED) is 0.666. The van der Waals surface area contributed by atoms with Gasteiger partial charge in [-0.2, -0.15) is 0 Å². The summed E-state index contributed by atoms with van der Waals surface area (Å²) in [5.41, 5.74) is 1.89. The zero-order chi connectivity index (χ0) is 13.2. The molecule has 94 valence electrons. The summed E-state index contributed by atoms with van der Waals surface area (Å²) >= 11 is 2.26. The summed E-state index contributed by atoms with van der Waals surface area (Å²) in [4.78, 5) is 0. The summed E-state index contributed by atoms with van der Waals surface area (Å²) in [7, 11) is 0. The highest BCUT2D eigenvalue weighted by Gasteiger charge is 2.13. The second kappa shape index (κ2) is 5.31. The number of aliphatic hydroxyl groups is 1. The first kappa shape index (κ1) is 12.6. The van der Waals surface area contributed by atoms with Crippen LogP contribution in [0.2, 0.25) is 0 Å². The number of halogens is 1. The Balaban J connectivity index is 2.07. The van der Waals surface area contributed by atoms with E-state index in [0.29, 0.717) is 0 Å². The van der Waals surface area contributed by atoms with Crippen molar-refractivity contribution in [3.05, 3.63) is 81.4 Å². The van der Waals surface area contributed by atoms with E-state index in [0.717, 1.165) is 20.1 Å². The highest BCUT2D eigenvalue weighted by molar-refractivity contribution is 14.1. The van der Waals surface area contributed by atoms with Crippen molar-refractivity contribution in [2.75, 3.05) is 0 Å². The molecule has 0 aromatic heterocycles. The number of hydrogen-bond donors (Lipinski definition) is 1. The molecule has 3 aromatic carbocycles. The summed E-state index contributed by atoms with van der Waals surface area (Å²) in [5, 5.41) is 12.9. The normalized spacial score (nSPS) is 12.5. The standard InChI is InChI=1S/C17H13IO/c18-16-8-4-3-7-15(16)17(19)14-10-9-12-5-1-2-6-13(12)11-14/h1-11,17,19H. The lowest BCUT2D eigenvalue weighted by atomic mass is 9.99. The molecular formula is C17H13IO. The molecule has 0 saturated heterocycles. The molecule has 0 fully saturated rings. The van der Waals surface area contributed by atoms with E-state index in [1.54, 1.807) is 0 Å². The lowest BCUT2D eigenvalue weighted by Crippen LogP contribution is -2.01. The van der Waals surface area contributed by atoms with Crippen LogP contribution in [0.3, 0.4) is 0 Å². The summed E-state index contributed by atoms with van der Waals surface area (Å²) in [6.07, 6.45) is -0.572. The predicted octanol–water partition coefficient (Wildman–Crippen LogP) is 4.53. The van der Waals surface area contributed by atoms with Gasteiger partial charge in [0.05, 0.1) is 0 Å². The van der Waals surface area contributed by atoms with Gasteiger partial charge in [0, 0.05) is 3.57 Å². The van der Waals surface area contributed by atoms with Crippen molar-refractivity contribution in [3.63, 3.8) is 0 Å². The minimum atomic E-state index is -0.572. The topological polar surface area (TPSA) is 20.2 Å². The molecule has 0 aliphatic heterocycles. The Morgan fingerprint density at radius 1 is 0.789 bits per heavy atom. The molecule has 2 heteroatoms. The van der Waals surface area contributed by atoms with Gasteiger partial charge >= 0.3 is 0 Å². The molecule has 1 unspecified atom stereocenters. The summed E-state index contributed by atoms with van der Waals surface area (Å²) in [5.74, 6) is 0. The first-order valence-electron chi connectivity index (χ1n) is 6.17. The third-order valence-electron chi connectivity index (χ3n) is 3.29. The van der Waals surface area contributed by atoms with Crippen LogP contribution in [0.5, 0.6) is 0 Å².